The molecule has 1 aromatic heterocycles. The van der Waals surface area contributed by atoms with Crippen LogP contribution >= 0.6 is 12.2 Å². The molecule has 0 aromatic carbocycles. The van der Waals surface area contributed by atoms with Gasteiger partial charge in [-0.2, -0.15) is 0 Å². The van der Waals surface area contributed by atoms with Gasteiger partial charge in [0.2, 0.25) is 0 Å². The Hall–Kier alpha value is -0.900. The number of H-pyrrole nitrogens is 2. The summed E-state index contributed by atoms with van der Waals surface area (Å²) in [5, 5.41) is 0. The summed E-state index contributed by atoms with van der Waals surface area (Å²) in [5.41, 5.74) is 1.80. The van der Waals surface area contributed by atoms with Crippen LogP contribution in [0.1, 0.15) is 42.9 Å². The quantitative estimate of drug-likeness (QED) is 0.699. The molecule has 1 aliphatic rings. The zero-order valence-corrected chi connectivity index (χ0v) is 9.04. The molecule has 1 aromatic rings. The lowest BCUT2D eigenvalue weighted by Gasteiger charge is -2.11. The third kappa shape index (κ3) is 1.66. The molecule has 76 valence electrons. The van der Waals surface area contributed by atoms with Crippen molar-refractivity contribution >= 4 is 12.2 Å². The molecular formula is C10H14N2OS. The van der Waals surface area contributed by atoms with Crippen molar-refractivity contribution in [2.75, 3.05) is 0 Å². The van der Waals surface area contributed by atoms with E-state index >= 15 is 0 Å². The third-order valence-corrected chi connectivity index (χ3v) is 3.19. The Morgan fingerprint density at radius 3 is 2.57 bits per heavy atom. The molecule has 1 aliphatic carbocycles. The number of aromatic amines is 2. The summed E-state index contributed by atoms with van der Waals surface area (Å²) in [5.74, 6) is 0.513. The molecule has 1 saturated carbocycles. The van der Waals surface area contributed by atoms with E-state index in [1.165, 1.54) is 25.7 Å². The molecule has 1 heterocycles. The summed E-state index contributed by atoms with van der Waals surface area (Å²) in [6.45, 7) is 1.86. The van der Waals surface area contributed by atoms with Crippen LogP contribution in [-0.2, 0) is 0 Å². The fraction of sp³-hybridized carbons (Fsp3) is 0.600. The van der Waals surface area contributed by atoms with Gasteiger partial charge in [0.1, 0.15) is 0 Å². The Bertz CT molecular complexity index is 440. The normalized spacial score (nSPS) is 17.5. The zero-order valence-electron chi connectivity index (χ0n) is 8.22. The minimum Gasteiger partial charge on any atom is -0.335 e. The second kappa shape index (κ2) is 3.69. The SMILES string of the molecule is Cc1c(C2CCCC2)[nH]c(=S)[nH]c1=O. The van der Waals surface area contributed by atoms with Crippen LogP contribution in [0.25, 0.3) is 0 Å². The van der Waals surface area contributed by atoms with Gasteiger partial charge in [-0.1, -0.05) is 12.8 Å². The van der Waals surface area contributed by atoms with E-state index in [-0.39, 0.29) is 5.56 Å². The fourth-order valence-corrected chi connectivity index (χ4v) is 2.39. The lowest BCUT2D eigenvalue weighted by Crippen LogP contribution is -2.16. The average molecular weight is 210 g/mol. The van der Waals surface area contributed by atoms with Crippen LogP contribution in [-0.4, -0.2) is 9.97 Å². The summed E-state index contributed by atoms with van der Waals surface area (Å²) in [6, 6.07) is 0. The monoisotopic (exact) mass is 210 g/mol. The first-order valence-corrected chi connectivity index (χ1v) is 5.42. The number of rotatable bonds is 1. The molecule has 0 amide bonds. The maximum Gasteiger partial charge on any atom is 0.254 e. The number of nitrogens with one attached hydrogen (secondary N) is 2. The minimum atomic E-state index is -0.0457. The van der Waals surface area contributed by atoms with Gasteiger partial charge in [0.25, 0.3) is 5.56 Å². The van der Waals surface area contributed by atoms with Crippen LogP contribution in [0.4, 0.5) is 0 Å². The van der Waals surface area contributed by atoms with Gasteiger partial charge < -0.3 is 4.98 Å². The van der Waals surface area contributed by atoms with Crippen molar-refractivity contribution in [1.82, 2.24) is 9.97 Å². The first kappa shape index (κ1) is 9.65. The maximum atomic E-state index is 11.5. The van der Waals surface area contributed by atoms with Crippen molar-refractivity contribution in [3.8, 4) is 0 Å². The predicted molar refractivity (Wildman–Crippen MR) is 58.2 cm³/mol. The van der Waals surface area contributed by atoms with E-state index in [1.807, 2.05) is 6.92 Å². The fourth-order valence-electron chi connectivity index (χ4n) is 2.19. The minimum absolute atomic E-state index is 0.0457. The molecule has 2 N–H and O–H groups in total. The largest absolute Gasteiger partial charge is 0.335 e. The van der Waals surface area contributed by atoms with Crippen LogP contribution in [0, 0.1) is 11.7 Å². The molecular weight excluding hydrogens is 196 g/mol. The highest BCUT2D eigenvalue weighted by molar-refractivity contribution is 7.71. The van der Waals surface area contributed by atoms with Crippen molar-refractivity contribution in [2.24, 2.45) is 0 Å². The molecule has 1 fully saturated rings. The van der Waals surface area contributed by atoms with Crippen LogP contribution in [0.3, 0.4) is 0 Å². The van der Waals surface area contributed by atoms with Gasteiger partial charge in [-0.15, -0.1) is 0 Å². The van der Waals surface area contributed by atoms with Gasteiger partial charge in [-0.3, -0.25) is 9.78 Å². The summed E-state index contributed by atoms with van der Waals surface area (Å²) in [4.78, 5) is 17.2. The zero-order chi connectivity index (χ0) is 10.1. The van der Waals surface area contributed by atoms with Crippen molar-refractivity contribution in [3.63, 3.8) is 0 Å². The number of hydrogen-bond donors (Lipinski definition) is 2. The molecule has 0 unspecified atom stereocenters. The van der Waals surface area contributed by atoms with Gasteiger partial charge in [0.15, 0.2) is 4.77 Å². The Kier molecular flexibility index (Phi) is 2.54. The molecule has 3 nitrogen and oxygen atoms in total. The maximum absolute atomic E-state index is 11.5. The first-order valence-electron chi connectivity index (χ1n) is 5.01. The lowest BCUT2D eigenvalue weighted by atomic mass is 10.0. The van der Waals surface area contributed by atoms with E-state index in [1.54, 1.807) is 0 Å². The van der Waals surface area contributed by atoms with Crippen molar-refractivity contribution < 1.29 is 0 Å². The molecule has 14 heavy (non-hydrogen) atoms. The second-order valence-corrected chi connectivity index (χ2v) is 4.34. The second-order valence-electron chi connectivity index (χ2n) is 3.93. The van der Waals surface area contributed by atoms with Gasteiger partial charge in [0, 0.05) is 11.3 Å². The van der Waals surface area contributed by atoms with Gasteiger partial charge in [0.05, 0.1) is 0 Å². The number of hydrogen-bond acceptors (Lipinski definition) is 2. The van der Waals surface area contributed by atoms with E-state index in [4.69, 9.17) is 12.2 Å². The smallest absolute Gasteiger partial charge is 0.254 e. The van der Waals surface area contributed by atoms with Crippen LogP contribution in [0.5, 0.6) is 0 Å². The van der Waals surface area contributed by atoms with Crippen LogP contribution < -0.4 is 5.56 Å². The Morgan fingerprint density at radius 2 is 1.93 bits per heavy atom. The highest BCUT2D eigenvalue weighted by Gasteiger charge is 2.20. The molecule has 0 spiro atoms. The van der Waals surface area contributed by atoms with E-state index in [0.29, 0.717) is 10.7 Å². The first-order chi connectivity index (χ1) is 6.68. The lowest BCUT2D eigenvalue weighted by molar-refractivity contribution is 0.682. The van der Waals surface area contributed by atoms with Gasteiger partial charge in [-0.05, 0) is 37.9 Å². The predicted octanol–water partition coefficient (Wildman–Crippen LogP) is 2.40. The molecule has 0 radical (unpaired) electrons. The summed E-state index contributed by atoms with van der Waals surface area (Å²) in [6.07, 6.45) is 4.88. The summed E-state index contributed by atoms with van der Waals surface area (Å²) in [7, 11) is 0. The molecule has 2 rings (SSSR count). The third-order valence-electron chi connectivity index (χ3n) is 2.98. The van der Waals surface area contributed by atoms with E-state index < -0.39 is 0 Å². The van der Waals surface area contributed by atoms with Crippen molar-refractivity contribution in [3.05, 3.63) is 26.4 Å². The Labute approximate surface area is 87.6 Å². The molecule has 4 heteroatoms. The van der Waals surface area contributed by atoms with Crippen LogP contribution in [0.15, 0.2) is 4.79 Å². The van der Waals surface area contributed by atoms with E-state index in [2.05, 4.69) is 9.97 Å². The van der Waals surface area contributed by atoms with Crippen LogP contribution in [0.2, 0.25) is 0 Å². The highest BCUT2D eigenvalue weighted by atomic mass is 32.1. The standard InChI is InChI=1S/C10H14N2OS/c1-6-8(7-4-2-3-5-7)11-10(14)12-9(6)13/h7H,2-5H2,1H3,(H2,11,12,13,14). The van der Waals surface area contributed by atoms with Gasteiger partial charge >= 0.3 is 0 Å². The average Bonchev–Trinajstić information content (AvgIpc) is 2.63. The molecule has 0 aliphatic heterocycles. The van der Waals surface area contributed by atoms with Crippen molar-refractivity contribution in [1.29, 1.82) is 0 Å². The Balaban J connectivity index is 2.51. The highest BCUT2D eigenvalue weighted by Crippen LogP contribution is 2.33. The summed E-state index contributed by atoms with van der Waals surface area (Å²) < 4.78 is 0.447. The molecule has 0 bridgehead atoms. The van der Waals surface area contributed by atoms with E-state index in [0.717, 1.165) is 11.3 Å². The topological polar surface area (TPSA) is 48.6 Å². The molecule has 0 saturated heterocycles. The Morgan fingerprint density at radius 1 is 1.29 bits per heavy atom. The number of aromatic nitrogens is 2. The molecule has 0 atom stereocenters. The van der Waals surface area contributed by atoms with Crippen molar-refractivity contribution in [2.45, 2.75) is 38.5 Å². The summed E-state index contributed by atoms with van der Waals surface area (Å²) >= 11 is 4.97. The van der Waals surface area contributed by atoms with Gasteiger partial charge in [-0.25, -0.2) is 0 Å². The van der Waals surface area contributed by atoms with E-state index in [9.17, 15) is 4.79 Å².